The highest BCUT2D eigenvalue weighted by atomic mass is 16.7. The molecule has 136 valence electrons. The smallest absolute Gasteiger partial charge is 0.254 e. The van der Waals surface area contributed by atoms with Crippen molar-refractivity contribution >= 4 is 11.7 Å². The van der Waals surface area contributed by atoms with E-state index in [2.05, 4.69) is 9.97 Å². The van der Waals surface area contributed by atoms with Crippen molar-refractivity contribution in [2.24, 2.45) is 0 Å². The summed E-state index contributed by atoms with van der Waals surface area (Å²) < 4.78 is 16.5. The highest BCUT2D eigenvalue weighted by Gasteiger charge is 2.29. The van der Waals surface area contributed by atoms with Gasteiger partial charge in [-0.1, -0.05) is 0 Å². The van der Waals surface area contributed by atoms with Gasteiger partial charge in [-0.2, -0.15) is 4.98 Å². The van der Waals surface area contributed by atoms with Gasteiger partial charge in [-0.05, 0) is 18.2 Å². The zero-order chi connectivity index (χ0) is 18.1. The number of hydrogen-bond donors (Lipinski definition) is 0. The third-order valence-electron chi connectivity index (χ3n) is 4.40. The number of carbonyl (C=O) groups is 1. The van der Waals surface area contributed by atoms with Crippen molar-refractivity contribution in [3.8, 4) is 17.4 Å². The summed E-state index contributed by atoms with van der Waals surface area (Å²) in [6, 6.07) is 5.25. The summed E-state index contributed by atoms with van der Waals surface area (Å²) in [7, 11) is 3.80. The van der Waals surface area contributed by atoms with Crippen molar-refractivity contribution in [2.45, 2.75) is 12.5 Å². The molecule has 4 rings (SSSR count). The Bertz CT molecular complexity index is 827. The Kier molecular flexibility index (Phi) is 4.24. The molecule has 0 N–H and O–H groups in total. The van der Waals surface area contributed by atoms with Crippen molar-refractivity contribution in [1.29, 1.82) is 0 Å². The SMILES string of the molecule is CN(C)c1cncc(O[C@H]2CCN(C(=O)c3ccc4c(c3)OCO4)C2)n1. The average molecular weight is 356 g/mol. The number of likely N-dealkylation sites (tertiary alicyclic amines) is 1. The second kappa shape index (κ2) is 6.70. The summed E-state index contributed by atoms with van der Waals surface area (Å²) >= 11 is 0. The zero-order valence-electron chi connectivity index (χ0n) is 14.7. The molecule has 8 nitrogen and oxygen atoms in total. The maximum absolute atomic E-state index is 12.7. The normalized spacial score (nSPS) is 18.1. The molecule has 1 atom stereocenters. The summed E-state index contributed by atoms with van der Waals surface area (Å²) in [4.78, 5) is 24.9. The Morgan fingerprint density at radius 1 is 1.27 bits per heavy atom. The Labute approximate surface area is 151 Å². The van der Waals surface area contributed by atoms with Crippen molar-refractivity contribution in [3.05, 3.63) is 36.2 Å². The quantitative estimate of drug-likeness (QED) is 0.823. The Balaban J connectivity index is 1.40. The molecule has 0 aliphatic carbocycles. The molecule has 0 saturated carbocycles. The summed E-state index contributed by atoms with van der Waals surface area (Å²) in [6.45, 7) is 1.35. The number of ether oxygens (including phenoxy) is 3. The van der Waals surface area contributed by atoms with Crippen LogP contribution in [0.2, 0.25) is 0 Å². The molecule has 0 unspecified atom stereocenters. The Morgan fingerprint density at radius 2 is 2.12 bits per heavy atom. The van der Waals surface area contributed by atoms with E-state index in [4.69, 9.17) is 14.2 Å². The van der Waals surface area contributed by atoms with Gasteiger partial charge in [-0.25, -0.2) is 0 Å². The molecule has 1 saturated heterocycles. The van der Waals surface area contributed by atoms with Crippen LogP contribution in [0.4, 0.5) is 5.82 Å². The highest BCUT2D eigenvalue weighted by molar-refractivity contribution is 5.95. The summed E-state index contributed by atoms with van der Waals surface area (Å²) in [6.07, 6.45) is 3.93. The lowest BCUT2D eigenvalue weighted by Gasteiger charge is -2.18. The molecule has 2 aliphatic heterocycles. The average Bonchev–Trinajstić information content (AvgIpc) is 3.30. The lowest BCUT2D eigenvalue weighted by atomic mass is 10.2. The number of anilines is 1. The number of fused-ring (bicyclic) bond motifs is 1. The van der Waals surface area contributed by atoms with Gasteiger partial charge in [0.05, 0.1) is 18.9 Å². The first kappa shape index (κ1) is 16.4. The molecular weight excluding hydrogens is 336 g/mol. The molecule has 2 aliphatic rings. The lowest BCUT2D eigenvalue weighted by molar-refractivity contribution is 0.0770. The maximum atomic E-state index is 12.7. The predicted molar refractivity (Wildman–Crippen MR) is 93.9 cm³/mol. The monoisotopic (exact) mass is 356 g/mol. The van der Waals surface area contributed by atoms with Crippen LogP contribution in [-0.4, -0.2) is 60.9 Å². The highest BCUT2D eigenvalue weighted by Crippen LogP contribution is 2.33. The van der Waals surface area contributed by atoms with Gasteiger partial charge in [0.15, 0.2) is 17.3 Å². The van der Waals surface area contributed by atoms with Gasteiger partial charge < -0.3 is 24.0 Å². The van der Waals surface area contributed by atoms with Gasteiger partial charge in [0.1, 0.15) is 6.10 Å². The number of benzene rings is 1. The molecule has 0 spiro atoms. The first-order valence-corrected chi connectivity index (χ1v) is 8.45. The van der Waals surface area contributed by atoms with Gasteiger partial charge in [0.25, 0.3) is 5.91 Å². The third kappa shape index (κ3) is 3.22. The number of carbonyl (C=O) groups excluding carboxylic acids is 1. The minimum atomic E-state index is -0.0975. The molecule has 1 aromatic heterocycles. The van der Waals surface area contributed by atoms with E-state index in [-0.39, 0.29) is 18.8 Å². The summed E-state index contributed by atoms with van der Waals surface area (Å²) in [5.74, 6) is 2.44. The van der Waals surface area contributed by atoms with Crippen LogP contribution >= 0.6 is 0 Å². The first-order valence-electron chi connectivity index (χ1n) is 8.45. The van der Waals surface area contributed by atoms with Crippen molar-refractivity contribution in [1.82, 2.24) is 14.9 Å². The molecule has 8 heteroatoms. The molecule has 2 aromatic rings. The van der Waals surface area contributed by atoms with Gasteiger partial charge in [0, 0.05) is 32.6 Å². The molecule has 1 fully saturated rings. The molecule has 26 heavy (non-hydrogen) atoms. The van der Waals surface area contributed by atoms with E-state index in [0.29, 0.717) is 36.0 Å². The van der Waals surface area contributed by atoms with Crippen LogP contribution in [0, 0.1) is 0 Å². The number of amides is 1. The van der Waals surface area contributed by atoms with Crippen molar-refractivity contribution in [2.75, 3.05) is 38.9 Å². The van der Waals surface area contributed by atoms with E-state index in [0.717, 1.165) is 12.2 Å². The standard InChI is InChI=1S/C18H20N4O4/c1-21(2)16-8-19-9-17(20-16)26-13-5-6-22(10-13)18(23)12-3-4-14-15(7-12)25-11-24-14/h3-4,7-9,13H,5-6,10-11H2,1-2H3/t13-/m0/s1. The van der Waals surface area contributed by atoms with Crippen LogP contribution in [0.5, 0.6) is 17.4 Å². The van der Waals surface area contributed by atoms with Gasteiger partial charge >= 0.3 is 0 Å². The fraction of sp³-hybridized carbons (Fsp3) is 0.389. The van der Waals surface area contributed by atoms with Crippen LogP contribution in [0.25, 0.3) is 0 Å². The second-order valence-corrected chi connectivity index (χ2v) is 6.46. The molecule has 1 amide bonds. The van der Waals surface area contributed by atoms with E-state index in [1.165, 1.54) is 0 Å². The number of hydrogen-bond acceptors (Lipinski definition) is 7. The fourth-order valence-corrected chi connectivity index (χ4v) is 3.00. The zero-order valence-corrected chi connectivity index (χ0v) is 14.7. The molecule has 3 heterocycles. The van der Waals surface area contributed by atoms with Crippen LogP contribution in [0.3, 0.4) is 0 Å². The van der Waals surface area contributed by atoms with Crippen LogP contribution < -0.4 is 19.1 Å². The van der Waals surface area contributed by atoms with E-state index >= 15 is 0 Å². The number of rotatable bonds is 4. The van der Waals surface area contributed by atoms with Gasteiger partial charge in [-0.3, -0.25) is 9.78 Å². The number of nitrogens with zero attached hydrogens (tertiary/aromatic N) is 4. The van der Waals surface area contributed by atoms with Crippen molar-refractivity contribution in [3.63, 3.8) is 0 Å². The van der Waals surface area contributed by atoms with Crippen LogP contribution in [-0.2, 0) is 0 Å². The first-order chi connectivity index (χ1) is 12.6. The molecule has 0 radical (unpaired) electrons. The van der Waals surface area contributed by atoms with Crippen LogP contribution in [0.1, 0.15) is 16.8 Å². The fourth-order valence-electron chi connectivity index (χ4n) is 3.00. The minimum absolute atomic E-state index is 0.0393. The van der Waals surface area contributed by atoms with E-state index < -0.39 is 0 Å². The van der Waals surface area contributed by atoms with E-state index in [9.17, 15) is 4.79 Å². The van der Waals surface area contributed by atoms with E-state index in [1.807, 2.05) is 19.0 Å². The molecule has 0 bridgehead atoms. The lowest BCUT2D eigenvalue weighted by Crippen LogP contribution is -2.31. The molecule has 1 aromatic carbocycles. The van der Waals surface area contributed by atoms with Gasteiger partial charge in [0.2, 0.25) is 12.7 Å². The maximum Gasteiger partial charge on any atom is 0.254 e. The predicted octanol–water partition coefficient (Wildman–Crippen LogP) is 1.56. The molecular formula is C18H20N4O4. The summed E-state index contributed by atoms with van der Waals surface area (Å²) in [5.41, 5.74) is 0.587. The second-order valence-electron chi connectivity index (χ2n) is 6.46. The minimum Gasteiger partial charge on any atom is -0.471 e. The number of aromatic nitrogens is 2. The van der Waals surface area contributed by atoms with Crippen LogP contribution in [0.15, 0.2) is 30.6 Å². The van der Waals surface area contributed by atoms with Crippen molar-refractivity contribution < 1.29 is 19.0 Å². The topological polar surface area (TPSA) is 77.0 Å². The largest absolute Gasteiger partial charge is 0.471 e. The van der Waals surface area contributed by atoms with E-state index in [1.54, 1.807) is 35.5 Å². The third-order valence-corrected chi connectivity index (χ3v) is 4.40. The summed E-state index contributed by atoms with van der Waals surface area (Å²) in [5, 5.41) is 0. The Morgan fingerprint density at radius 3 is 2.96 bits per heavy atom. The Hall–Kier alpha value is -3.03. The van der Waals surface area contributed by atoms with Gasteiger partial charge in [-0.15, -0.1) is 0 Å².